The summed E-state index contributed by atoms with van der Waals surface area (Å²) in [6, 6.07) is 12.7. The molecule has 2 aromatic carbocycles. The second-order valence-electron chi connectivity index (χ2n) is 6.64. The minimum atomic E-state index is -0.924. The Morgan fingerprint density at radius 3 is 2.55 bits per heavy atom. The van der Waals surface area contributed by atoms with Crippen molar-refractivity contribution in [3.8, 4) is 40.3 Å². The van der Waals surface area contributed by atoms with Crippen LogP contribution in [0.15, 0.2) is 48.7 Å². The van der Waals surface area contributed by atoms with E-state index in [0.717, 1.165) is 12.0 Å². The van der Waals surface area contributed by atoms with Gasteiger partial charge < -0.3 is 24.1 Å². The molecule has 3 rings (SSSR count). The van der Waals surface area contributed by atoms with E-state index in [1.165, 1.54) is 14.2 Å². The number of carboxylic acids is 1. The van der Waals surface area contributed by atoms with Crippen LogP contribution >= 0.6 is 0 Å². The first kappa shape index (κ1) is 21.9. The molecule has 8 heteroatoms. The number of carboxylic acid groups (broad SMARTS) is 1. The highest BCUT2D eigenvalue weighted by Crippen LogP contribution is 2.33. The molecular weight excluding hydrogens is 400 g/mol. The molecule has 3 aromatic rings. The van der Waals surface area contributed by atoms with Crippen LogP contribution in [0.3, 0.4) is 0 Å². The van der Waals surface area contributed by atoms with E-state index in [2.05, 4.69) is 9.97 Å². The van der Waals surface area contributed by atoms with Crippen molar-refractivity contribution in [2.75, 3.05) is 20.8 Å². The summed E-state index contributed by atoms with van der Waals surface area (Å²) in [5.74, 6) is 1.07. The summed E-state index contributed by atoms with van der Waals surface area (Å²) >= 11 is 0. The highest BCUT2D eigenvalue weighted by Gasteiger charge is 2.12. The van der Waals surface area contributed by atoms with E-state index < -0.39 is 5.97 Å². The van der Waals surface area contributed by atoms with Crippen LogP contribution in [0.2, 0.25) is 0 Å². The molecule has 0 aliphatic rings. The molecule has 0 fully saturated rings. The van der Waals surface area contributed by atoms with Crippen molar-refractivity contribution in [3.05, 3.63) is 54.2 Å². The number of aliphatic carboxylic acids is 1. The first-order valence-corrected chi connectivity index (χ1v) is 9.74. The van der Waals surface area contributed by atoms with Crippen LogP contribution < -0.4 is 18.9 Å². The number of ether oxygens (including phenoxy) is 4. The Bertz CT molecular complexity index is 1050. The SMILES string of the molecule is CCCOc1cc(CC(=O)O)cc(Oc2cccc(-c3cnc(OC)nc3OC)c2)c1. The summed E-state index contributed by atoms with van der Waals surface area (Å²) in [4.78, 5) is 19.5. The lowest BCUT2D eigenvalue weighted by molar-refractivity contribution is -0.136. The Kier molecular flexibility index (Phi) is 7.26. The summed E-state index contributed by atoms with van der Waals surface area (Å²) in [5, 5.41) is 9.15. The molecule has 31 heavy (non-hydrogen) atoms. The topological polar surface area (TPSA) is 100 Å². The van der Waals surface area contributed by atoms with Gasteiger partial charge in [0.2, 0.25) is 5.88 Å². The summed E-state index contributed by atoms with van der Waals surface area (Å²) in [7, 11) is 3.01. The fourth-order valence-electron chi connectivity index (χ4n) is 2.94. The van der Waals surface area contributed by atoms with Crippen LogP contribution in [-0.2, 0) is 11.2 Å². The smallest absolute Gasteiger partial charge is 0.319 e. The average Bonchev–Trinajstić information content (AvgIpc) is 2.76. The van der Waals surface area contributed by atoms with Gasteiger partial charge in [-0.3, -0.25) is 4.79 Å². The molecule has 162 valence electrons. The second kappa shape index (κ2) is 10.3. The lowest BCUT2D eigenvalue weighted by atomic mass is 10.1. The number of nitrogens with zero attached hydrogens (tertiary/aromatic N) is 2. The summed E-state index contributed by atoms with van der Waals surface area (Å²) in [6.45, 7) is 2.53. The fourth-order valence-corrected chi connectivity index (χ4v) is 2.94. The molecule has 0 amide bonds. The van der Waals surface area contributed by atoms with Crippen molar-refractivity contribution in [3.63, 3.8) is 0 Å². The van der Waals surface area contributed by atoms with Gasteiger partial charge in [-0.2, -0.15) is 4.98 Å². The van der Waals surface area contributed by atoms with Crippen molar-refractivity contribution in [1.82, 2.24) is 9.97 Å². The van der Waals surface area contributed by atoms with Crippen LogP contribution in [0.4, 0.5) is 0 Å². The molecule has 0 spiro atoms. The van der Waals surface area contributed by atoms with Gasteiger partial charge in [-0.15, -0.1) is 0 Å². The minimum absolute atomic E-state index is 0.125. The molecule has 1 aromatic heterocycles. The number of benzene rings is 2. The first-order chi connectivity index (χ1) is 15.0. The van der Waals surface area contributed by atoms with Gasteiger partial charge in [0.15, 0.2) is 0 Å². The zero-order valence-corrected chi connectivity index (χ0v) is 17.6. The van der Waals surface area contributed by atoms with Crippen LogP contribution in [0.5, 0.6) is 29.1 Å². The van der Waals surface area contributed by atoms with Gasteiger partial charge in [0.05, 0.1) is 32.8 Å². The van der Waals surface area contributed by atoms with Crippen molar-refractivity contribution >= 4 is 5.97 Å². The summed E-state index contributed by atoms with van der Waals surface area (Å²) in [6.07, 6.45) is 2.33. The van der Waals surface area contributed by atoms with Crippen molar-refractivity contribution in [2.45, 2.75) is 19.8 Å². The average molecular weight is 424 g/mol. The van der Waals surface area contributed by atoms with Crippen molar-refractivity contribution < 1.29 is 28.8 Å². The molecular formula is C23H24N2O6. The number of hydrogen-bond acceptors (Lipinski definition) is 7. The third-order valence-electron chi connectivity index (χ3n) is 4.26. The Morgan fingerprint density at radius 1 is 1.03 bits per heavy atom. The molecule has 0 saturated heterocycles. The molecule has 1 heterocycles. The van der Waals surface area contributed by atoms with E-state index in [4.69, 9.17) is 24.1 Å². The Balaban J connectivity index is 1.91. The monoisotopic (exact) mass is 424 g/mol. The number of aromatic nitrogens is 2. The third-order valence-corrected chi connectivity index (χ3v) is 4.26. The molecule has 8 nitrogen and oxygen atoms in total. The van der Waals surface area contributed by atoms with E-state index in [0.29, 0.717) is 40.9 Å². The standard InChI is InChI=1S/C23H24N2O6/c1-4-8-30-18-9-15(11-21(26)27)10-19(13-18)31-17-7-5-6-16(12-17)20-14-24-23(29-3)25-22(20)28-2/h5-7,9-10,12-14H,4,8,11H2,1-3H3,(H,26,27). The van der Waals surface area contributed by atoms with Crippen molar-refractivity contribution in [2.24, 2.45) is 0 Å². The summed E-state index contributed by atoms with van der Waals surface area (Å²) in [5.41, 5.74) is 2.07. The highest BCUT2D eigenvalue weighted by molar-refractivity contribution is 5.71. The van der Waals surface area contributed by atoms with E-state index >= 15 is 0 Å². The predicted molar refractivity (Wildman–Crippen MR) is 114 cm³/mol. The molecule has 1 N–H and O–H groups in total. The molecule has 0 bridgehead atoms. The second-order valence-corrected chi connectivity index (χ2v) is 6.64. The van der Waals surface area contributed by atoms with Crippen LogP contribution in [0.25, 0.3) is 11.1 Å². The maximum absolute atomic E-state index is 11.2. The van der Waals surface area contributed by atoms with Crippen LogP contribution in [-0.4, -0.2) is 41.9 Å². The summed E-state index contributed by atoms with van der Waals surface area (Å²) < 4.78 is 22.1. The number of rotatable bonds is 10. The number of methoxy groups -OCH3 is 2. The van der Waals surface area contributed by atoms with Crippen molar-refractivity contribution in [1.29, 1.82) is 0 Å². The van der Waals surface area contributed by atoms with Gasteiger partial charge in [0, 0.05) is 12.3 Å². The first-order valence-electron chi connectivity index (χ1n) is 9.74. The van der Waals surface area contributed by atoms with E-state index in [9.17, 15) is 4.79 Å². The third kappa shape index (κ3) is 5.85. The zero-order valence-electron chi connectivity index (χ0n) is 17.6. The lowest BCUT2D eigenvalue weighted by Crippen LogP contribution is -2.02. The maximum Gasteiger partial charge on any atom is 0.319 e. The Labute approximate surface area is 180 Å². The van der Waals surface area contributed by atoms with Crippen LogP contribution in [0.1, 0.15) is 18.9 Å². The quantitative estimate of drug-likeness (QED) is 0.512. The van der Waals surface area contributed by atoms with Gasteiger partial charge in [0.25, 0.3) is 0 Å². The zero-order chi connectivity index (χ0) is 22.2. The Morgan fingerprint density at radius 2 is 1.84 bits per heavy atom. The largest absolute Gasteiger partial charge is 0.493 e. The van der Waals surface area contributed by atoms with Gasteiger partial charge in [0.1, 0.15) is 17.2 Å². The predicted octanol–water partition coefficient (Wildman–Crippen LogP) is 4.37. The number of carbonyl (C=O) groups is 1. The lowest BCUT2D eigenvalue weighted by Gasteiger charge is -2.13. The van der Waals surface area contributed by atoms with Gasteiger partial charge >= 0.3 is 12.0 Å². The number of hydrogen-bond donors (Lipinski definition) is 1. The van der Waals surface area contributed by atoms with E-state index in [1.54, 1.807) is 30.5 Å². The highest BCUT2D eigenvalue weighted by atomic mass is 16.5. The van der Waals surface area contributed by atoms with Gasteiger partial charge in [-0.25, -0.2) is 4.98 Å². The normalized spacial score (nSPS) is 10.4. The van der Waals surface area contributed by atoms with Gasteiger partial charge in [-0.1, -0.05) is 19.1 Å². The molecule has 0 saturated carbocycles. The molecule has 0 atom stereocenters. The molecule has 0 aliphatic heterocycles. The molecule has 0 unspecified atom stereocenters. The van der Waals surface area contributed by atoms with E-state index in [-0.39, 0.29) is 12.4 Å². The molecule has 0 aliphatic carbocycles. The van der Waals surface area contributed by atoms with Gasteiger partial charge in [-0.05, 0) is 41.8 Å². The fraction of sp³-hybridized carbons (Fsp3) is 0.261. The van der Waals surface area contributed by atoms with Crippen LogP contribution in [0, 0.1) is 0 Å². The van der Waals surface area contributed by atoms with E-state index in [1.807, 2.05) is 25.1 Å². The Hall–Kier alpha value is -3.81. The maximum atomic E-state index is 11.2. The molecule has 0 radical (unpaired) electrons. The minimum Gasteiger partial charge on any atom is -0.493 e.